The molecule has 0 unspecified atom stereocenters. The van der Waals surface area contributed by atoms with Gasteiger partial charge in [-0.25, -0.2) is 0 Å². The molecule has 4 heteroatoms. The number of hydrogen-bond donors (Lipinski definition) is 1. The second-order valence-electron chi connectivity index (χ2n) is 3.20. The quantitative estimate of drug-likeness (QED) is 0.544. The molecule has 0 saturated heterocycles. The van der Waals surface area contributed by atoms with Crippen molar-refractivity contribution in [3.05, 3.63) is 0 Å². The average molecular weight is 139 g/mol. The second kappa shape index (κ2) is 4.16. The first-order chi connectivity index (χ1) is 3.42. The van der Waals surface area contributed by atoms with Gasteiger partial charge < -0.3 is 5.73 Å². The first kappa shape index (κ1) is 12.0. The minimum absolute atomic E-state index is 0. The first-order valence-electron chi connectivity index (χ1n) is 2.70. The van der Waals surface area contributed by atoms with Gasteiger partial charge in [0.05, 0.1) is 8.07 Å². The molecule has 2 nitrogen and oxygen atoms in total. The van der Waals surface area contributed by atoms with Gasteiger partial charge in [-0.15, -0.1) is 0 Å². The molecular weight excluding hydrogens is 125 g/mol. The number of carbonyl (C=O) groups excluding carboxylic acids is 1. The molecule has 0 aromatic heterocycles. The van der Waals surface area contributed by atoms with E-state index in [1.807, 2.05) is 0 Å². The van der Waals surface area contributed by atoms with Gasteiger partial charge in [-0.05, 0) is 0 Å². The Kier molecular flexibility index (Phi) is 5.55. The van der Waals surface area contributed by atoms with E-state index in [2.05, 4.69) is 19.6 Å². The molecule has 0 aromatic carbocycles. The summed E-state index contributed by atoms with van der Waals surface area (Å²) >= 11 is 0. The van der Waals surface area contributed by atoms with Crippen LogP contribution in [0.25, 0.3) is 0 Å². The van der Waals surface area contributed by atoms with E-state index in [4.69, 9.17) is 5.73 Å². The van der Waals surface area contributed by atoms with Crippen LogP contribution in [-0.4, -0.2) is 32.8 Å². The Hall–Kier alpha value is 0.284. The summed E-state index contributed by atoms with van der Waals surface area (Å²) in [5.74, 6) is -0.163. The Morgan fingerprint density at radius 3 is 1.78 bits per heavy atom. The van der Waals surface area contributed by atoms with Gasteiger partial charge in [0.25, 0.3) is 0 Å². The van der Waals surface area contributed by atoms with Gasteiger partial charge in [-0.2, -0.15) is 0 Å². The van der Waals surface area contributed by atoms with E-state index in [-0.39, 0.29) is 24.8 Å². The van der Waals surface area contributed by atoms with E-state index in [0.29, 0.717) is 6.04 Å². The fraction of sp³-hybridized carbons (Fsp3) is 0.800. The molecule has 0 saturated carbocycles. The molecular formula is C5H14LiNOSi. The van der Waals surface area contributed by atoms with Gasteiger partial charge in [0, 0.05) is 6.04 Å². The third-order valence-electron chi connectivity index (χ3n) is 0.705. The predicted molar refractivity (Wildman–Crippen MR) is 44.5 cm³/mol. The molecule has 9 heavy (non-hydrogen) atoms. The molecule has 0 aliphatic carbocycles. The van der Waals surface area contributed by atoms with Crippen molar-refractivity contribution in [2.75, 3.05) is 0 Å². The van der Waals surface area contributed by atoms with Crippen LogP contribution in [0.1, 0.15) is 0 Å². The van der Waals surface area contributed by atoms with Crippen LogP contribution >= 0.6 is 0 Å². The summed E-state index contributed by atoms with van der Waals surface area (Å²) in [5.41, 5.74) is 4.97. The zero-order valence-corrected chi connectivity index (χ0v) is 6.69. The number of rotatable bonds is 2. The normalized spacial score (nSPS) is 10.1. The fourth-order valence-corrected chi connectivity index (χ4v) is 1.57. The molecule has 0 aliphatic rings. The summed E-state index contributed by atoms with van der Waals surface area (Å²) in [6.45, 7) is 6.37. The molecule has 2 N–H and O–H groups in total. The summed E-state index contributed by atoms with van der Waals surface area (Å²) in [5, 5.41) is 0. The van der Waals surface area contributed by atoms with Crippen LogP contribution in [0.3, 0.4) is 0 Å². The Morgan fingerprint density at radius 1 is 1.44 bits per heavy atom. The van der Waals surface area contributed by atoms with Gasteiger partial charge in [-0.3, -0.25) is 4.79 Å². The Bertz CT molecular complexity index is 99.6. The summed E-state index contributed by atoms with van der Waals surface area (Å²) < 4.78 is 0. The van der Waals surface area contributed by atoms with Crippen molar-refractivity contribution in [1.29, 1.82) is 0 Å². The monoisotopic (exact) mass is 139 g/mol. The van der Waals surface area contributed by atoms with Crippen LogP contribution in [0.4, 0.5) is 0 Å². The average Bonchev–Trinajstić information content (AvgIpc) is 1.21. The van der Waals surface area contributed by atoms with Gasteiger partial charge in [0.2, 0.25) is 5.91 Å². The van der Waals surface area contributed by atoms with Gasteiger partial charge in [0.15, 0.2) is 0 Å². The number of carbonyl (C=O) groups is 1. The maximum atomic E-state index is 10.3. The van der Waals surface area contributed by atoms with Crippen LogP contribution in [-0.2, 0) is 4.79 Å². The molecule has 0 aromatic rings. The van der Waals surface area contributed by atoms with E-state index in [0.717, 1.165) is 0 Å². The molecule has 0 aliphatic heterocycles. The van der Waals surface area contributed by atoms with Crippen LogP contribution in [0.2, 0.25) is 25.7 Å². The SMILES string of the molecule is C[Si](C)(C)CC(N)=O.[LiH]. The molecule has 0 heterocycles. The van der Waals surface area contributed by atoms with Crippen molar-refractivity contribution in [3.63, 3.8) is 0 Å². The number of primary amides is 1. The molecule has 50 valence electrons. The molecule has 1 amide bonds. The van der Waals surface area contributed by atoms with Gasteiger partial charge in [0.1, 0.15) is 0 Å². The third kappa shape index (κ3) is 11.7. The van der Waals surface area contributed by atoms with Crippen molar-refractivity contribution in [2.45, 2.75) is 25.7 Å². The molecule has 0 bridgehead atoms. The summed E-state index contributed by atoms with van der Waals surface area (Å²) in [7, 11) is -1.19. The first-order valence-corrected chi connectivity index (χ1v) is 6.41. The molecule has 0 spiro atoms. The molecule has 0 atom stereocenters. The van der Waals surface area contributed by atoms with Crippen LogP contribution in [0.5, 0.6) is 0 Å². The van der Waals surface area contributed by atoms with E-state index < -0.39 is 8.07 Å². The number of hydrogen-bond acceptors (Lipinski definition) is 1. The molecule has 0 radical (unpaired) electrons. The van der Waals surface area contributed by atoms with Crippen LogP contribution in [0, 0.1) is 0 Å². The Morgan fingerprint density at radius 2 is 1.78 bits per heavy atom. The van der Waals surface area contributed by atoms with Crippen LogP contribution < -0.4 is 5.73 Å². The summed E-state index contributed by atoms with van der Waals surface area (Å²) in [4.78, 5) is 10.3. The van der Waals surface area contributed by atoms with E-state index in [9.17, 15) is 4.79 Å². The maximum absolute atomic E-state index is 10.3. The van der Waals surface area contributed by atoms with E-state index in [1.165, 1.54) is 0 Å². The number of nitrogens with two attached hydrogens (primary N) is 1. The van der Waals surface area contributed by atoms with Crippen molar-refractivity contribution >= 4 is 32.8 Å². The molecule has 0 rings (SSSR count). The predicted octanol–water partition coefficient (Wildman–Crippen LogP) is 0.161. The Labute approximate surface area is 69.4 Å². The van der Waals surface area contributed by atoms with Crippen molar-refractivity contribution in [1.82, 2.24) is 0 Å². The second-order valence-corrected chi connectivity index (χ2v) is 8.68. The van der Waals surface area contributed by atoms with Crippen molar-refractivity contribution < 1.29 is 4.79 Å². The van der Waals surface area contributed by atoms with E-state index >= 15 is 0 Å². The zero-order chi connectivity index (χ0) is 6.78. The fourth-order valence-electron chi connectivity index (χ4n) is 0.523. The van der Waals surface area contributed by atoms with Crippen molar-refractivity contribution in [3.8, 4) is 0 Å². The third-order valence-corrected chi connectivity index (χ3v) is 2.11. The van der Waals surface area contributed by atoms with Crippen molar-refractivity contribution in [2.24, 2.45) is 5.73 Å². The Balaban J connectivity index is 0. The van der Waals surface area contributed by atoms with Gasteiger partial charge >= 0.3 is 18.9 Å². The zero-order valence-electron chi connectivity index (χ0n) is 5.69. The number of amides is 1. The molecule has 0 fully saturated rings. The summed E-state index contributed by atoms with van der Waals surface area (Å²) in [6.07, 6.45) is 0. The van der Waals surface area contributed by atoms with Crippen LogP contribution in [0.15, 0.2) is 0 Å². The summed E-state index contributed by atoms with van der Waals surface area (Å²) in [6, 6.07) is 0.604. The minimum atomic E-state index is -1.19. The topological polar surface area (TPSA) is 43.1 Å². The van der Waals surface area contributed by atoms with Gasteiger partial charge in [-0.1, -0.05) is 19.6 Å². The standard InChI is InChI=1S/C5H13NOSi.Li.H/c1-8(2,3)4-5(6)7;;/h4H2,1-3H3,(H2,6,7);;. The van der Waals surface area contributed by atoms with E-state index in [1.54, 1.807) is 0 Å².